The van der Waals surface area contributed by atoms with Crippen LogP contribution in [0.1, 0.15) is 24.2 Å². The second kappa shape index (κ2) is 5.55. The smallest absolute Gasteiger partial charge is 0.108 e. The van der Waals surface area contributed by atoms with Crippen molar-refractivity contribution in [3.05, 3.63) is 71.8 Å². The summed E-state index contributed by atoms with van der Waals surface area (Å²) < 4.78 is 11.5. The summed E-state index contributed by atoms with van der Waals surface area (Å²) in [7, 11) is 0. The van der Waals surface area contributed by atoms with Crippen LogP contribution in [0.2, 0.25) is 0 Å². The number of hydrogen-bond acceptors (Lipinski definition) is 2. The number of benzene rings is 2. The standard InChI is InChI=1S/C17H18O2/c1-13-16(19-13)12-18-17(14-8-4-2-5-9-14)15-10-6-3-7-11-15/h2-11,13,16-17H,12H2,1H3/t13-,16-/m0/s1. The van der Waals surface area contributed by atoms with Gasteiger partial charge in [-0.15, -0.1) is 0 Å². The van der Waals surface area contributed by atoms with Crippen molar-refractivity contribution in [1.82, 2.24) is 0 Å². The molecule has 0 unspecified atom stereocenters. The molecule has 1 aliphatic rings. The quantitative estimate of drug-likeness (QED) is 0.761. The average molecular weight is 254 g/mol. The molecule has 0 bridgehead atoms. The predicted molar refractivity (Wildman–Crippen MR) is 75.0 cm³/mol. The van der Waals surface area contributed by atoms with E-state index >= 15 is 0 Å². The molecule has 1 aliphatic heterocycles. The number of epoxide rings is 1. The summed E-state index contributed by atoms with van der Waals surface area (Å²) in [4.78, 5) is 0. The zero-order valence-corrected chi connectivity index (χ0v) is 11.0. The number of ether oxygens (including phenoxy) is 2. The molecule has 0 aliphatic carbocycles. The third-order valence-electron chi connectivity index (χ3n) is 3.47. The maximum absolute atomic E-state index is 6.08. The lowest BCUT2D eigenvalue weighted by atomic mass is 10.0. The van der Waals surface area contributed by atoms with Crippen molar-refractivity contribution in [3.63, 3.8) is 0 Å². The lowest BCUT2D eigenvalue weighted by Crippen LogP contribution is -2.11. The third kappa shape index (κ3) is 3.03. The van der Waals surface area contributed by atoms with Gasteiger partial charge >= 0.3 is 0 Å². The molecule has 2 atom stereocenters. The Labute approximate surface area is 114 Å². The molecule has 0 radical (unpaired) electrons. The fraction of sp³-hybridized carbons (Fsp3) is 0.294. The Morgan fingerprint density at radius 3 is 1.84 bits per heavy atom. The van der Waals surface area contributed by atoms with E-state index in [1.165, 1.54) is 11.1 Å². The Balaban J connectivity index is 1.79. The molecule has 2 aromatic carbocycles. The first-order valence-corrected chi connectivity index (χ1v) is 6.71. The van der Waals surface area contributed by atoms with Gasteiger partial charge in [-0.05, 0) is 18.1 Å². The molecular weight excluding hydrogens is 236 g/mol. The van der Waals surface area contributed by atoms with Gasteiger partial charge < -0.3 is 9.47 Å². The van der Waals surface area contributed by atoms with Crippen molar-refractivity contribution in [2.45, 2.75) is 25.2 Å². The van der Waals surface area contributed by atoms with Gasteiger partial charge in [0.25, 0.3) is 0 Å². The van der Waals surface area contributed by atoms with Gasteiger partial charge in [0.1, 0.15) is 12.2 Å². The zero-order valence-electron chi connectivity index (χ0n) is 11.0. The van der Waals surface area contributed by atoms with Crippen LogP contribution in [0, 0.1) is 0 Å². The van der Waals surface area contributed by atoms with Gasteiger partial charge in [0.2, 0.25) is 0 Å². The van der Waals surface area contributed by atoms with Crippen LogP contribution in [0.5, 0.6) is 0 Å². The van der Waals surface area contributed by atoms with Gasteiger partial charge in [0, 0.05) is 0 Å². The number of hydrogen-bond donors (Lipinski definition) is 0. The SMILES string of the molecule is C[C@@H]1O[C@H]1COC(c1ccccc1)c1ccccc1. The molecule has 1 fully saturated rings. The minimum Gasteiger partial charge on any atom is -0.367 e. The molecular formula is C17H18O2. The van der Waals surface area contributed by atoms with Crippen molar-refractivity contribution >= 4 is 0 Å². The van der Waals surface area contributed by atoms with E-state index in [1.54, 1.807) is 0 Å². The molecule has 1 saturated heterocycles. The summed E-state index contributed by atoms with van der Waals surface area (Å²) in [5.74, 6) is 0. The Morgan fingerprint density at radius 2 is 1.42 bits per heavy atom. The molecule has 2 aromatic rings. The fourth-order valence-corrected chi connectivity index (χ4v) is 2.24. The maximum Gasteiger partial charge on any atom is 0.108 e. The van der Waals surface area contributed by atoms with Crippen LogP contribution in [0.25, 0.3) is 0 Å². The minimum atomic E-state index is -0.0150. The zero-order chi connectivity index (χ0) is 13.1. The highest BCUT2D eigenvalue weighted by Gasteiger charge is 2.35. The summed E-state index contributed by atoms with van der Waals surface area (Å²) in [5.41, 5.74) is 2.36. The van der Waals surface area contributed by atoms with Crippen LogP contribution >= 0.6 is 0 Å². The second-order valence-electron chi connectivity index (χ2n) is 4.91. The topological polar surface area (TPSA) is 21.8 Å². The molecule has 2 heteroatoms. The molecule has 0 N–H and O–H groups in total. The molecule has 0 spiro atoms. The van der Waals surface area contributed by atoms with Crippen LogP contribution < -0.4 is 0 Å². The minimum absolute atomic E-state index is 0.0150. The first-order chi connectivity index (χ1) is 9.34. The molecule has 1 heterocycles. The predicted octanol–water partition coefficient (Wildman–Crippen LogP) is 3.58. The van der Waals surface area contributed by atoms with Crippen LogP contribution in [0.3, 0.4) is 0 Å². The van der Waals surface area contributed by atoms with Crippen molar-refractivity contribution in [3.8, 4) is 0 Å². The molecule has 98 valence electrons. The Hall–Kier alpha value is -1.64. The van der Waals surface area contributed by atoms with E-state index in [0.29, 0.717) is 12.7 Å². The third-order valence-corrected chi connectivity index (χ3v) is 3.47. The molecule has 0 amide bonds. The van der Waals surface area contributed by atoms with Gasteiger partial charge in [0.05, 0.1) is 12.7 Å². The van der Waals surface area contributed by atoms with Crippen molar-refractivity contribution in [1.29, 1.82) is 0 Å². The van der Waals surface area contributed by atoms with Gasteiger partial charge in [-0.3, -0.25) is 0 Å². The largest absolute Gasteiger partial charge is 0.367 e. The van der Waals surface area contributed by atoms with Gasteiger partial charge in [0.15, 0.2) is 0 Å². The highest BCUT2D eigenvalue weighted by Crippen LogP contribution is 2.29. The highest BCUT2D eigenvalue weighted by molar-refractivity contribution is 5.29. The lowest BCUT2D eigenvalue weighted by Gasteiger charge is -2.18. The normalized spacial score (nSPS) is 21.6. The summed E-state index contributed by atoms with van der Waals surface area (Å²) in [6, 6.07) is 20.7. The van der Waals surface area contributed by atoms with E-state index in [2.05, 4.69) is 31.2 Å². The van der Waals surface area contributed by atoms with Crippen LogP contribution in [-0.4, -0.2) is 18.8 Å². The molecule has 3 rings (SSSR count). The van der Waals surface area contributed by atoms with E-state index in [0.717, 1.165) is 0 Å². The van der Waals surface area contributed by atoms with Crippen LogP contribution in [0.4, 0.5) is 0 Å². The summed E-state index contributed by atoms with van der Waals surface area (Å²) in [6.45, 7) is 2.73. The van der Waals surface area contributed by atoms with Gasteiger partial charge in [-0.1, -0.05) is 60.7 Å². The number of rotatable bonds is 5. The second-order valence-corrected chi connectivity index (χ2v) is 4.91. The van der Waals surface area contributed by atoms with Gasteiger partial charge in [-0.25, -0.2) is 0 Å². The molecule has 0 saturated carbocycles. The van der Waals surface area contributed by atoms with Crippen LogP contribution in [-0.2, 0) is 9.47 Å². The lowest BCUT2D eigenvalue weighted by molar-refractivity contribution is 0.0672. The van der Waals surface area contributed by atoms with Crippen molar-refractivity contribution in [2.75, 3.05) is 6.61 Å². The highest BCUT2D eigenvalue weighted by atomic mass is 16.6. The fourth-order valence-electron chi connectivity index (χ4n) is 2.24. The van der Waals surface area contributed by atoms with Crippen molar-refractivity contribution in [2.24, 2.45) is 0 Å². The van der Waals surface area contributed by atoms with E-state index in [1.807, 2.05) is 36.4 Å². The van der Waals surface area contributed by atoms with E-state index in [9.17, 15) is 0 Å². The summed E-state index contributed by atoms with van der Waals surface area (Å²) in [5, 5.41) is 0. The Bertz CT molecular complexity index is 470. The average Bonchev–Trinajstić information content (AvgIpc) is 3.17. The first-order valence-electron chi connectivity index (χ1n) is 6.71. The van der Waals surface area contributed by atoms with E-state index < -0.39 is 0 Å². The molecule has 2 nitrogen and oxygen atoms in total. The Morgan fingerprint density at radius 1 is 0.947 bits per heavy atom. The Kier molecular flexibility index (Phi) is 3.62. The maximum atomic E-state index is 6.08. The summed E-state index contributed by atoms with van der Waals surface area (Å²) in [6.07, 6.45) is 0.584. The van der Waals surface area contributed by atoms with Crippen LogP contribution in [0.15, 0.2) is 60.7 Å². The molecule has 0 aromatic heterocycles. The van der Waals surface area contributed by atoms with E-state index in [-0.39, 0.29) is 12.2 Å². The molecule has 19 heavy (non-hydrogen) atoms. The first kappa shape index (κ1) is 12.4. The van der Waals surface area contributed by atoms with E-state index in [4.69, 9.17) is 9.47 Å². The van der Waals surface area contributed by atoms with Crippen molar-refractivity contribution < 1.29 is 9.47 Å². The van der Waals surface area contributed by atoms with Gasteiger partial charge in [-0.2, -0.15) is 0 Å². The summed E-state index contributed by atoms with van der Waals surface area (Å²) >= 11 is 0. The monoisotopic (exact) mass is 254 g/mol.